The van der Waals surface area contributed by atoms with Crippen LogP contribution in [0.2, 0.25) is 0 Å². The first-order chi connectivity index (χ1) is 18.3. The molecule has 1 aliphatic heterocycles. The lowest BCUT2D eigenvalue weighted by Crippen LogP contribution is -2.42. The Bertz CT molecular complexity index is 1180. The van der Waals surface area contributed by atoms with Crippen molar-refractivity contribution in [3.63, 3.8) is 0 Å². The van der Waals surface area contributed by atoms with Crippen LogP contribution in [0, 0.1) is 20.8 Å². The zero-order valence-corrected chi connectivity index (χ0v) is 22.7. The molecule has 7 nitrogen and oxygen atoms in total. The van der Waals surface area contributed by atoms with E-state index in [1.807, 2.05) is 73.7 Å². The van der Waals surface area contributed by atoms with Gasteiger partial charge in [0.25, 0.3) is 0 Å². The summed E-state index contributed by atoms with van der Waals surface area (Å²) in [6.45, 7) is 11.0. The van der Waals surface area contributed by atoms with E-state index in [9.17, 15) is 9.90 Å². The number of nitrogens with zero attached hydrogens (tertiary/aromatic N) is 1. The van der Waals surface area contributed by atoms with Crippen LogP contribution in [-0.2, 0) is 13.1 Å². The van der Waals surface area contributed by atoms with Gasteiger partial charge in [-0.3, -0.25) is 4.90 Å². The zero-order chi connectivity index (χ0) is 27.1. The Hall–Kier alpha value is -3.55. The van der Waals surface area contributed by atoms with Gasteiger partial charge in [0.2, 0.25) is 0 Å². The van der Waals surface area contributed by atoms with Crippen LogP contribution in [0.1, 0.15) is 34.7 Å². The molecule has 1 fully saturated rings. The second kappa shape index (κ2) is 12.8. The molecule has 1 heterocycles. The maximum atomic E-state index is 12.1. The Morgan fingerprint density at radius 2 is 1.66 bits per heavy atom. The molecule has 0 saturated carbocycles. The third-order valence-electron chi connectivity index (χ3n) is 7.00. The maximum absolute atomic E-state index is 12.1. The largest absolute Gasteiger partial charge is 0.491 e. The lowest BCUT2D eigenvalue weighted by atomic mass is 10.0. The summed E-state index contributed by atoms with van der Waals surface area (Å²) in [5.74, 6) is 1.57. The standard InChI is InChI=1S/C31H39N3O4/c1-21-14-28(15-22(2)24(21)4)38-30-19-34(18-29(30)35)17-26-10-12-27(13-11-26)37-20-23(3)33-31(36)32-16-25-8-6-5-7-9-25/h5-15,23,29-30,35H,16-20H2,1-4H3,(H2,32,33,36)/t23-,29-,30-/m0/s1. The molecule has 7 heteroatoms. The van der Waals surface area contributed by atoms with Crippen LogP contribution in [0.5, 0.6) is 11.5 Å². The number of aryl methyl sites for hydroxylation is 2. The molecule has 1 aliphatic rings. The topological polar surface area (TPSA) is 83.1 Å². The first kappa shape index (κ1) is 27.5. The molecule has 0 bridgehead atoms. The molecule has 0 aromatic heterocycles. The summed E-state index contributed by atoms with van der Waals surface area (Å²) in [6, 6.07) is 21.5. The highest BCUT2D eigenvalue weighted by Gasteiger charge is 2.33. The third kappa shape index (κ3) is 7.73. The molecule has 3 aromatic carbocycles. The summed E-state index contributed by atoms with van der Waals surface area (Å²) in [7, 11) is 0. The lowest BCUT2D eigenvalue weighted by Gasteiger charge is -2.19. The first-order valence-corrected chi connectivity index (χ1v) is 13.2. The Labute approximate surface area is 225 Å². The number of carbonyl (C=O) groups excluding carboxylic acids is 1. The predicted octanol–water partition coefficient (Wildman–Crippen LogP) is 4.50. The number of urea groups is 1. The minimum Gasteiger partial charge on any atom is -0.491 e. The van der Waals surface area contributed by atoms with Gasteiger partial charge in [-0.25, -0.2) is 4.79 Å². The van der Waals surface area contributed by atoms with Crippen molar-refractivity contribution in [1.82, 2.24) is 15.5 Å². The lowest BCUT2D eigenvalue weighted by molar-refractivity contribution is 0.0736. The van der Waals surface area contributed by atoms with Gasteiger partial charge >= 0.3 is 6.03 Å². The van der Waals surface area contributed by atoms with E-state index >= 15 is 0 Å². The number of carbonyl (C=O) groups is 1. The molecule has 202 valence electrons. The molecule has 4 rings (SSSR count). The molecular formula is C31H39N3O4. The summed E-state index contributed by atoms with van der Waals surface area (Å²) < 4.78 is 12.0. The van der Waals surface area contributed by atoms with Crippen LogP contribution in [0.3, 0.4) is 0 Å². The van der Waals surface area contributed by atoms with Crippen LogP contribution in [-0.4, -0.2) is 54.0 Å². The van der Waals surface area contributed by atoms with Crippen molar-refractivity contribution in [2.75, 3.05) is 19.7 Å². The third-order valence-corrected chi connectivity index (χ3v) is 7.00. The number of hydrogen-bond donors (Lipinski definition) is 3. The van der Waals surface area contributed by atoms with Gasteiger partial charge in [0.05, 0.1) is 6.04 Å². The number of hydrogen-bond acceptors (Lipinski definition) is 5. The molecule has 3 N–H and O–H groups in total. The van der Waals surface area contributed by atoms with E-state index in [-0.39, 0.29) is 18.2 Å². The molecule has 0 aliphatic carbocycles. The highest BCUT2D eigenvalue weighted by atomic mass is 16.5. The summed E-state index contributed by atoms with van der Waals surface area (Å²) in [5, 5.41) is 16.3. The van der Waals surface area contributed by atoms with E-state index in [2.05, 4.69) is 36.3 Å². The van der Waals surface area contributed by atoms with E-state index in [0.29, 0.717) is 26.2 Å². The fraction of sp³-hybridized carbons (Fsp3) is 0.387. The number of aliphatic hydroxyl groups excluding tert-OH is 1. The Balaban J connectivity index is 1.19. The monoisotopic (exact) mass is 517 g/mol. The van der Waals surface area contributed by atoms with Gasteiger partial charge in [-0.1, -0.05) is 42.5 Å². The molecule has 3 aromatic rings. The Kier molecular flexibility index (Phi) is 9.26. The summed E-state index contributed by atoms with van der Waals surface area (Å²) in [5.41, 5.74) is 5.85. The molecular weight excluding hydrogens is 478 g/mol. The SMILES string of the molecule is Cc1cc(O[C@H]2CN(Cc3ccc(OC[C@H](C)NC(=O)NCc4ccccc4)cc3)C[C@@H]2O)cc(C)c1C. The van der Waals surface area contributed by atoms with E-state index in [0.717, 1.165) is 29.2 Å². The molecule has 2 amide bonds. The fourth-order valence-electron chi connectivity index (χ4n) is 4.58. The molecule has 0 radical (unpaired) electrons. The van der Waals surface area contributed by atoms with Crippen LogP contribution in [0.25, 0.3) is 0 Å². The molecule has 38 heavy (non-hydrogen) atoms. The van der Waals surface area contributed by atoms with Gasteiger partial charge in [0, 0.05) is 26.2 Å². The van der Waals surface area contributed by atoms with Crippen LogP contribution in [0.15, 0.2) is 66.7 Å². The van der Waals surface area contributed by atoms with E-state index in [1.165, 1.54) is 16.7 Å². The van der Waals surface area contributed by atoms with Gasteiger partial charge in [-0.2, -0.15) is 0 Å². The minimum absolute atomic E-state index is 0.144. The maximum Gasteiger partial charge on any atom is 0.315 e. The number of benzene rings is 3. The quantitative estimate of drug-likeness (QED) is 0.369. The number of likely N-dealkylation sites (tertiary alicyclic amines) is 1. The summed E-state index contributed by atoms with van der Waals surface area (Å²) in [4.78, 5) is 14.3. The van der Waals surface area contributed by atoms with Crippen LogP contribution in [0.4, 0.5) is 4.79 Å². The van der Waals surface area contributed by atoms with E-state index in [4.69, 9.17) is 9.47 Å². The predicted molar refractivity (Wildman–Crippen MR) is 150 cm³/mol. The van der Waals surface area contributed by atoms with Crippen molar-refractivity contribution in [2.45, 2.75) is 59.0 Å². The average Bonchev–Trinajstić information content (AvgIpc) is 3.24. The number of nitrogens with one attached hydrogen (secondary N) is 2. The number of ether oxygens (including phenoxy) is 2. The number of rotatable bonds is 10. The molecule has 3 atom stereocenters. The van der Waals surface area contributed by atoms with Crippen molar-refractivity contribution < 1.29 is 19.4 Å². The van der Waals surface area contributed by atoms with Crippen molar-refractivity contribution in [2.24, 2.45) is 0 Å². The second-order valence-corrected chi connectivity index (χ2v) is 10.3. The molecule has 0 unspecified atom stereocenters. The first-order valence-electron chi connectivity index (χ1n) is 13.2. The Morgan fingerprint density at radius 3 is 2.34 bits per heavy atom. The van der Waals surface area contributed by atoms with Crippen molar-refractivity contribution >= 4 is 6.03 Å². The summed E-state index contributed by atoms with van der Waals surface area (Å²) in [6.07, 6.45) is -0.781. The van der Waals surface area contributed by atoms with Gasteiger partial charge < -0.3 is 25.2 Å². The number of aliphatic hydroxyl groups is 1. The van der Waals surface area contributed by atoms with Crippen LogP contribution >= 0.6 is 0 Å². The highest BCUT2D eigenvalue weighted by molar-refractivity contribution is 5.74. The minimum atomic E-state index is -0.529. The van der Waals surface area contributed by atoms with Crippen LogP contribution < -0.4 is 20.1 Å². The molecule has 1 saturated heterocycles. The smallest absolute Gasteiger partial charge is 0.315 e. The van der Waals surface area contributed by atoms with E-state index < -0.39 is 6.10 Å². The fourth-order valence-corrected chi connectivity index (χ4v) is 4.58. The van der Waals surface area contributed by atoms with Crippen molar-refractivity contribution in [1.29, 1.82) is 0 Å². The molecule has 0 spiro atoms. The summed E-state index contributed by atoms with van der Waals surface area (Å²) >= 11 is 0. The number of β-amino-alcohol motifs (C(OH)–C–C–N with tert-alkyl or cyclic N) is 1. The van der Waals surface area contributed by atoms with Gasteiger partial charge in [0.1, 0.15) is 30.3 Å². The normalized spacial score (nSPS) is 18.1. The van der Waals surface area contributed by atoms with Crippen molar-refractivity contribution in [3.8, 4) is 11.5 Å². The van der Waals surface area contributed by atoms with E-state index in [1.54, 1.807) is 0 Å². The second-order valence-electron chi connectivity index (χ2n) is 10.3. The Morgan fingerprint density at radius 1 is 0.974 bits per heavy atom. The average molecular weight is 518 g/mol. The van der Waals surface area contributed by atoms with Gasteiger partial charge in [0.15, 0.2) is 0 Å². The highest BCUT2D eigenvalue weighted by Crippen LogP contribution is 2.25. The van der Waals surface area contributed by atoms with Gasteiger partial charge in [-0.05, 0) is 79.8 Å². The van der Waals surface area contributed by atoms with Crippen molar-refractivity contribution in [3.05, 3.63) is 94.5 Å². The zero-order valence-electron chi connectivity index (χ0n) is 22.7. The number of amides is 2. The van der Waals surface area contributed by atoms with Gasteiger partial charge in [-0.15, -0.1) is 0 Å².